The number of rotatable bonds is 5. The minimum Gasteiger partial charge on any atom is -0.480 e. The Labute approximate surface area is 112 Å². The number of likely N-dealkylation sites (tertiary alicyclic amines) is 1. The Kier molecular flexibility index (Phi) is 4.74. The van der Waals surface area contributed by atoms with Crippen LogP contribution >= 0.6 is 11.3 Å². The zero-order chi connectivity index (χ0) is 13.0. The lowest BCUT2D eigenvalue weighted by Gasteiger charge is -2.36. The molecule has 2 heterocycles. The van der Waals surface area contributed by atoms with E-state index in [0.29, 0.717) is 6.04 Å². The van der Waals surface area contributed by atoms with Crippen molar-refractivity contribution in [3.8, 4) is 0 Å². The van der Waals surface area contributed by atoms with Crippen LogP contribution in [0.2, 0.25) is 0 Å². The molecule has 1 aliphatic rings. The first-order chi connectivity index (χ1) is 8.65. The first kappa shape index (κ1) is 13.5. The van der Waals surface area contributed by atoms with E-state index >= 15 is 0 Å². The highest BCUT2D eigenvalue weighted by atomic mass is 32.1. The van der Waals surface area contributed by atoms with Gasteiger partial charge < -0.3 is 5.11 Å². The van der Waals surface area contributed by atoms with E-state index in [1.807, 2.05) is 11.9 Å². The maximum Gasteiger partial charge on any atom is 0.317 e. The standard InChI is InChI=1S/C13H20N2O2S/c1-14(10-13(16)17)11-4-2-6-15(8-11)9-12-5-3-7-18-12/h3,5,7,11H,2,4,6,8-10H2,1H3,(H,16,17). The molecule has 0 radical (unpaired) electrons. The molecule has 0 aromatic carbocycles. The first-order valence-electron chi connectivity index (χ1n) is 6.32. The monoisotopic (exact) mass is 268 g/mol. The summed E-state index contributed by atoms with van der Waals surface area (Å²) in [6.45, 7) is 3.23. The maximum atomic E-state index is 10.7. The summed E-state index contributed by atoms with van der Waals surface area (Å²) in [6, 6.07) is 4.61. The lowest BCUT2D eigenvalue weighted by Crippen LogP contribution is -2.47. The van der Waals surface area contributed by atoms with Crippen molar-refractivity contribution in [1.82, 2.24) is 9.80 Å². The molecule has 1 N–H and O–H groups in total. The topological polar surface area (TPSA) is 43.8 Å². The van der Waals surface area contributed by atoms with Crippen molar-refractivity contribution in [2.75, 3.05) is 26.7 Å². The van der Waals surface area contributed by atoms with E-state index < -0.39 is 5.97 Å². The molecule has 0 saturated carbocycles. The summed E-state index contributed by atoms with van der Waals surface area (Å²) in [6.07, 6.45) is 2.25. The van der Waals surface area contributed by atoms with E-state index in [-0.39, 0.29) is 6.54 Å². The smallest absolute Gasteiger partial charge is 0.317 e. The van der Waals surface area contributed by atoms with Crippen LogP contribution in [0.5, 0.6) is 0 Å². The predicted molar refractivity (Wildman–Crippen MR) is 72.9 cm³/mol. The predicted octanol–water partition coefficient (Wildman–Crippen LogP) is 1.73. The SMILES string of the molecule is CN(CC(=O)O)C1CCCN(Cc2cccs2)C1. The number of thiophene rings is 1. The molecule has 5 heteroatoms. The Bertz CT molecular complexity index is 380. The van der Waals surface area contributed by atoms with E-state index in [9.17, 15) is 4.79 Å². The Hall–Kier alpha value is -0.910. The Balaban J connectivity index is 1.86. The number of carbonyl (C=O) groups is 1. The highest BCUT2D eigenvalue weighted by Gasteiger charge is 2.24. The molecule has 2 rings (SSSR count). The lowest BCUT2D eigenvalue weighted by atomic mass is 10.0. The largest absolute Gasteiger partial charge is 0.480 e. The zero-order valence-electron chi connectivity index (χ0n) is 10.7. The molecular weight excluding hydrogens is 248 g/mol. The van der Waals surface area contributed by atoms with E-state index in [4.69, 9.17) is 5.11 Å². The minimum atomic E-state index is -0.743. The molecule has 0 aliphatic carbocycles. The summed E-state index contributed by atoms with van der Waals surface area (Å²) < 4.78 is 0. The number of carboxylic acid groups (broad SMARTS) is 1. The normalized spacial score (nSPS) is 21.3. The van der Waals surface area contributed by atoms with E-state index in [1.54, 1.807) is 11.3 Å². The summed E-state index contributed by atoms with van der Waals surface area (Å²) in [7, 11) is 1.91. The average Bonchev–Trinajstić information content (AvgIpc) is 2.81. The summed E-state index contributed by atoms with van der Waals surface area (Å²) >= 11 is 1.79. The van der Waals surface area contributed by atoms with Crippen molar-refractivity contribution < 1.29 is 9.90 Å². The fourth-order valence-electron chi connectivity index (χ4n) is 2.50. The van der Waals surface area contributed by atoms with Crippen LogP contribution in [0.3, 0.4) is 0 Å². The van der Waals surface area contributed by atoms with E-state index in [0.717, 1.165) is 32.5 Å². The Morgan fingerprint density at radius 2 is 2.50 bits per heavy atom. The molecule has 0 amide bonds. The van der Waals surface area contributed by atoms with Crippen LogP contribution in [-0.4, -0.2) is 53.6 Å². The van der Waals surface area contributed by atoms with Gasteiger partial charge in [-0.15, -0.1) is 11.3 Å². The molecule has 1 unspecified atom stereocenters. The fourth-order valence-corrected chi connectivity index (χ4v) is 3.25. The van der Waals surface area contributed by atoms with Crippen LogP contribution in [0.1, 0.15) is 17.7 Å². The van der Waals surface area contributed by atoms with Gasteiger partial charge in [0, 0.05) is 24.0 Å². The van der Waals surface area contributed by atoms with Crippen molar-refractivity contribution in [1.29, 1.82) is 0 Å². The van der Waals surface area contributed by atoms with Gasteiger partial charge in [0.1, 0.15) is 0 Å². The maximum absolute atomic E-state index is 10.7. The van der Waals surface area contributed by atoms with Gasteiger partial charge in [0.05, 0.1) is 6.54 Å². The molecular formula is C13H20N2O2S. The van der Waals surface area contributed by atoms with Crippen LogP contribution in [-0.2, 0) is 11.3 Å². The second-order valence-electron chi connectivity index (χ2n) is 4.92. The third kappa shape index (κ3) is 3.80. The molecule has 1 atom stereocenters. The van der Waals surface area contributed by atoms with Gasteiger partial charge in [0.25, 0.3) is 0 Å². The minimum absolute atomic E-state index is 0.136. The van der Waals surface area contributed by atoms with Crippen molar-refractivity contribution in [2.24, 2.45) is 0 Å². The van der Waals surface area contributed by atoms with Crippen LogP contribution in [0, 0.1) is 0 Å². The van der Waals surface area contributed by atoms with Gasteiger partial charge in [-0.2, -0.15) is 0 Å². The second kappa shape index (κ2) is 6.31. The highest BCUT2D eigenvalue weighted by molar-refractivity contribution is 7.09. The number of piperidine rings is 1. The molecule has 1 aliphatic heterocycles. The number of carboxylic acids is 1. The molecule has 18 heavy (non-hydrogen) atoms. The highest BCUT2D eigenvalue weighted by Crippen LogP contribution is 2.19. The Morgan fingerprint density at radius 1 is 1.67 bits per heavy atom. The van der Waals surface area contributed by atoms with Gasteiger partial charge in [-0.3, -0.25) is 14.6 Å². The van der Waals surface area contributed by atoms with Gasteiger partial charge in [-0.25, -0.2) is 0 Å². The molecule has 4 nitrogen and oxygen atoms in total. The number of hydrogen-bond donors (Lipinski definition) is 1. The van der Waals surface area contributed by atoms with Crippen molar-refractivity contribution >= 4 is 17.3 Å². The summed E-state index contributed by atoms with van der Waals surface area (Å²) in [5, 5.41) is 10.9. The number of aliphatic carboxylic acids is 1. The van der Waals surface area contributed by atoms with E-state index in [1.165, 1.54) is 4.88 Å². The quantitative estimate of drug-likeness (QED) is 0.883. The van der Waals surface area contributed by atoms with Gasteiger partial charge in [0.2, 0.25) is 0 Å². The molecule has 0 spiro atoms. The molecule has 1 aromatic heterocycles. The molecule has 0 bridgehead atoms. The third-order valence-corrected chi connectivity index (χ3v) is 4.31. The molecule has 1 saturated heterocycles. The second-order valence-corrected chi connectivity index (χ2v) is 5.95. The fraction of sp³-hybridized carbons (Fsp3) is 0.615. The average molecular weight is 268 g/mol. The van der Waals surface area contributed by atoms with Gasteiger partial charge in [-0.05, 0) is 37.9 Å². The molecule has 1 fully saturated rings. The van der Waals surface area contributed by atoms with E-state index in [2.05, 4.69) is 22.4 Å². The number of nitrogens with zero attached hydrogens (tertiary/aromatic N) is 2. The molecule has 100 valence electrons. The lowest BCUT2D eigenvalue weighted by molar-refractivity contribution is -0.138. The molecule has 1 aromatic rings. The van der Waals surface area contributed by atoms with Crippen LogP contribution < -0.4 is 0 Å². The first-order valence-corrected chi connectivity index (χ1v) is 7.20. The van der Waals surface area contributed by atoms with Gasteiger partial charge in [-0.1, -0.05) is 6.07 Å². The number of likely N-dealkylation sites (N-methyl/N-ethyl adjacent to an activating group) is 1. The van der Waals surface area contributed by atoms with Crippen molar-refractivity contribution in [3.05, 3.63) is 22.4 Å². The Morgan fingerprint density at radius 3 is 3.17 bits per heavy atom. The van der Waals surface area contributed by atoms with Crippen molar-refractivity contribution in [3.63, 3.8) is 0 Å². The zero-order valence-corrected chi connectivity index (χ0v) is 11.5. The van der Waals surface area contributed by atoms with Gasteiger partial charge >= 0.3 is 5.97 Å². The summed E-state index contributed by atoms with van der Waals surface area (Å²) in [5.41, 5.74) is 0. The third-order valence-electron chi connectivity index (χ3n) is 3.45. The van der Waals surface area contributed by atoms with Crippen LogP contribution in [0.4, 0.5) is 0 Å². The summed E-state index contributed by atoms with van der Waals surface area (Å²) in [4.78, 5) is 16.5. The number of hydrogen-bond acceptors (Lipinski definition) is 4. The van der Waals surface area contributed by atoms with Gasteiger partial charge in [0.15, 0.2) is 0 Å². The summed E-state index contributed by atoms with van der Waals surface area (Å²) in [5.74, 6) is -0.743. The van der Waals surface area contributed by atoms with Crippen LogP contribution in [0.15, 0.2) is 17.5 Å². The van der Waals surface area contributed by atoms with Crippen molar-refractivity contribution in [2.45, 2.75) is 25.4 Å². The van der Waals surface area contributed by atoms with Crippen LogP contribution in [0.25, 0.3) is 0 Å².